The molecule has 0 aliphatic carbocycles. The summed E-state index contributed by atoms with van der Waals surface area (Å²) < 4.78 is 25.6. The quantitative estimate of drug-likeness (QED) is 0.809. The fraction of sp³-hybridized carbons (Fsp3) is 0.467. The van der Waals surface area contributed by atoms with Crippen molar-refractivity contribution in [1.29, 1.82) is 0 Å². The normalized spacial score (nSPS) is 20.7. The van der Waals surface area contributed by atoms with E-state index in [-0.39, 0.29) is 21.4 Å². The van der Waals surface area contributed by atoms with Gasteiger partial charge in [-0.3, -0.25) is 9.59 Å². The lowest BCUT2D eigenvalue weighted by atomic mass is 9.99. The number of halogens is 1. The van der Waals surface area contributed by atoms with Crippen LogP contribution in [-0.4, -0.2) is 49.1 Å². The Morgan fingerprint density at radius 2 is 1.96 bits per heavy atom. The molecule has 1 aromatic rings. The summed E-state index contributed by atoms with van der Waals surface area (Å²) in [6, 6.07) is 4.09. The molecular formula is C15H17ClN2O4S. The van der Waals surface area contributed by atoms with Gasteiger partial charge in [-0.15, -0.1) is 0 Å². The number of nitrogens with zero attached hydrogens (tertiary/aromatic N) is 2. The first kappa shape index (κ1) is 16.3. The number of fused-ring (bicyclic) bond motifs is 1. The Bertz CT molecular complexity index is 770. The van der Waals surface area contributed by atoms with Gasteiger partial charge in [0, 0.05) is 18.1 Å². The number of rotatable bonds is 2. The van der Waals surface area contributed by atoms with Gasteiger partial charge in [-0.25, -0.2) is 12.7 Å². The third-order valence-electron chi connectivity index (χ3n) is 4.38. The third kappa shape index (κ3) is 2.83. The Hall–Kier alpha value is -1.60. The second kappa shape index (κ2) is 5.79. The van der Waals surface area contributed by atoms with Gasteiger partial charge in [-0.05, 0) is 37.0 Å². The summed E-state index contributed by atoms with van der Waals surface area (Å²) in [5, 5.41) is 0.235. The predicted molar refractivity (Wildman–Crippen MR) is 84.7 cm³/mol. The van der Waals surface area contributed by atoms with Crippen LogP contribution < -0.4 is 0 Å². The van der Waals surface area contributed by atoms with Crippen LogP contribution in [0.3, 0.4) is 0 Å². The van der Waals surface area contributed by atoms with E-state index >= 15 is 0 Å². The Kier molecular flexibility index (Phi) is 4.10. The summed E-state index contributed by atoms with van der Waals surface area (Å²) in [6.07, 6.45) is 1.78. The molecular weight excluding hydrogens is 340 g/mol. The number of carbonyl (C=O) groups excluding carboxylic acids is 2. The summed E-state index contributed by atoms with van der Waals surface area (Å²) in [4.78, 5) is 26.2. The van der Waals surface area contributed by atoms with Crippen molar-refractivity contribution in [2.75, 3.05) is 19.6 Å². The van der Waals surface area contributed by atoms with E-state index in [0.29, 0.717) is 23.3 Å². The number of sulfonamides is 1. The minimum atomic E-state index is -4.01. The first-order chi connectivity index (χ1) is 10.8. The van der Waals surface area contributed by atoms with E-state index in [2.05, 4.69) is 6.92 Å². The number of hydrogen-bond acceptors (Lipinski definition) is 4. The molecule has 0 radical (unpaired) electrons. The summed E-state index contributed by atoms with van der Waals surface area (Å²) in [7, 11) is -4.01. The maximum absolute atomic E-state index is 12.5. The Labute approximate surface area is 140 Å². The van der Waals surface area contributed by atoms with Crippen molar-refractivity contribution in [1.82, 2.24) is 9.21 Å². The molecule has 2 aliphatic rings. The maximum Gasteiger partial charge on any atom is 0.269 e. The third-order valence-corrected chi connectivity index (χ3v) is 6.39. The van der Waals surface area contributed by atoms with E-state index in [0.717, 1.165) is 12.8 Å². The van der Waals surface area contributed by atoms with E-state index in [9.17, 15) is 18.0 Å². The molecule has 8 heteroatoms. The zero-order valence-electron chi connectivity index (χ0n) is 12.7. The van der Waals surface area contributed by atoms with E-state index in [1.807, 2.05) is 0 Å². The first-order valence-corrected chi connectivity index (χ1v) is 9.27. The second-order valence-electron chi connectivity index (χ2n) is 6.02. The molecule has 2 aliphatic heterocycles. The molecule has 3 rings (SSSR count). The van der Waals surface area contributed by atoms with E-state index < -0.39 is 22.5 Å². The fourth-order valence-electron chi connectivity index (χ4n) is 2.89. The lowest BCUT2D eigenvalue weighted by Crippen LogP contribution is -2.45. The van der Waals surface area contributed by atoms with Gasteiger partial charge in [0.2, 0.25) is 5.91 Å². The molecule has 0 atom stereocenters. The zero-order chi connectivity index (χ0) is 16.8. The molecule has 1 aromatic carbocycles. The van der Waals surface area contributed by atoms with Crippen LogP contribution in [0.25, 0.3) is 0 Å². The molecule has 2 heterocycles. The van der Waals surface area contributed by atoms with Crippen molar-refractivity contribution in [2.24, 2.45) is 5.92 Å². The number of piperidine rings is 1. The molecule has 124 valence electrons. The van der Waals surface area contributed by atoms with Crippen LogP contribution >= 0.6 is 11.6 Å². The number of likely N-dealkylation sites (tertiary alicyclic amines) is 1. The Morgan fingerprint density at radius 3 is 2.61 bits per heavy atom. The molecule has 6 nitrogen and oxygen atoms in total. The maximum atomic E-state index is 12.5. The highest BCUT2D eigenvalue weighted by Gasteiger charge is 2.42. The highest BCUT2D eigenvalue weighted by atomic mass is 35.5. The molecule has 0 N–H and O–H groups in total. The van der Waals surface area contributed by atoms with Gasteiger partial charge < -0.3 is 4.90 Å². The van der Waals surface area contributed by atoms with Crippen molar-refractivity contribution in [2.45, 2.75) is 24.7 Å². The first-order valence-electron chi connectivity index (χ1n) is 7.45. The summed E-state index contributed by atoms with van der Waals surface area (Å²) in [6.45, 7) is 2.86. The van der Waals surface area contributed by atoms with E-state index in [4.69, 9.17) is 11.6 Å². The molecule has 1 fully saturated rings. The Balaban J connectivity index is 1.82. The summed E-state index contributed by atoms with van der Waals surface area (Å²) in [5.74, 6) is -0.453. The Morgan fingerprint density at radius 1 is 1.30 bits per heavy atom. The van der Waals surface area contributed by atoms with Crippen LogP contribution in [-0.2, 0) is 14.8 Å². The highest BCUT2D eigenvalue weighted by Crippen LogP contribution is 2.32. The van der Waals surface area contributed by atoms with Crippen LogP contribution in [0.2, 0.25) is 5.02 Å². The van der Waals surface area contributed by atoms with Gasteiger partial charge in [0.1, 0.15) is 11.4 Å². The largest absolute Gasteiger partial charge is 0.341 e. The summed E-state index contributed by atoms with van der Waals surface area (Å²) in [5.41, 5.74) is 0.0643. The van der Waals surface area contributed by atoms with Crippen molar-refractivity contribution >= 4 is 33.4 Å². The molecule has 0 bridgehead atoms. The van der Waals surface area contributed by atoms with E-state index in [1.165, 1.54) is 18.2 Å². The number of benzene rings is 1. The van der Waals surface area contributed by atoms with Crippen molar-refractivity contribution in [3.8, 4) is 0 Å². The van der Waals surface area contributed by atoms with Gasteiger partial charge in [0.15, 0.2) is 0 Å². The number of hydrogen-bond donors (Lipinski definition) is 0. The second-order valence-corrected chi connectivity index (χ2v) is 8.29. The van der Waals surface area contributed by atoms with Crippen molar-refractivity contribution < 1.29 is 18.0 Å². The molecule has 0 aromatic heterocycles. The number of amides is 2. The fourth-order valence-corrected chi connectivity index (χ4v) is 4.67. The van der Waals surface area contributed by atoms with Gasteiger partial charge >= 0.3 is 0 Å². The van der Waals surface area contributed by atoms with Crippen LogP contribution in [0.4, 0.5) is 0 Å². The summed E-state index contributed by atoms with van der Waals surface area (Å²) >= 11 is 5.82. The van der Waals surface area contributed by atoms with Crippen LogP contribution in [0.1, 0.15) is 30.1 Å². The van der Waals surface area contributed by atoms with Gasteiger partial charge in [-0.1, -0.05) is 18.5 Å². The molecule has 0 saturated carbocycles. The van der Waals surface area contributed by atoms with Crippen molar-refractivity contribution in [3.05, 3.63) is 28.8 Å². The van der Waals surface area contributed by atoms with Gasteiger partial charge in [0.25, 0.3) is 15.9 Å². The zero-order valence-corrected chi connectivity index (χ0v) is 14.2. The molecule has 0 spiro atoms. The SMILES string of the molecule is CC1CCN(C(=O)CN2C(=O)c3ccc(Cl)cc3S2(=O)=O)CC1. The molecule has 0 unspecified atom stereocenters. The molecule has 23 heavy (non-hydrogen) atoms. The van der Waals surface area contributed by atoms with Gasteiger partial charge in [0.05, 0.1) is 5.56 Å². The minimum Gasteiger partial charge on any atom is -0.341 e. The van der Waals surface area contributed by atoms with Crippen LogP contribution in [0, 0.1) is 5.92 Å². The predicted octanol–water partition coefficient (Wildman–Crippen LogP) is 1.74. The topological polar surface area (TPSA) is 74.8 Å². The standard InChI is InChI=1S/C15H17ClN2O4S/c1-10-4-6-17(7-5-10)14(19)9-18-15(20)12-3-2-11(16)8-13(12)23(18,21)22/h2-3,8,10H,4-7,9H2,1H3. The van der Waals surface area contributed by atoms with Crippen LogP contribution in [0.15, 0.2) is 23.1 Å². The minimum absolute atomic E-state index is 0.0643. The van der Waals surface area contributed by atoms with Crippen LogP contribution in [0.5, 0.6) is 0 Å². The molecule has 1 saturated heterocycles. The monoisotopic (exact) mass is 356 g/mol. The average Bonchev–Trinajstić information content (AvgIpc) is 2.69. The smallest absolute Gasteiger partial charge is 0.269 e. The van der Waals surface area contributed by atoms with E-state index in [1.54, 1.807) is 4.90 Å². The van der Waals surface area contributed by atoms with Gasteiger partial charge in [-0.2, -0.15) is 0 Å². The molecule has 2 amide bonds. The number of carbonyl (C=O) groups is 2. The lowest BCUT2D eigenvalue weighted by molar-refractivity contribution is -0.132. The highest BCUT2D eigenvalue weighted by molar-refractivity contribution is 7.90. The lowest BCUT2D eigenvalue weighted by Gasteiger charge is -2.31. The average molecular weight is 357 g/mol. The van der Waals surface area contributed by atoms with Crippen molar-refractivity contribution in [3.63, 3.8) is 0 Å².